The second kappa shape index (κ2) is 8.78. The Bertz CT molecular complexity index is 950. The van der Waals surface area contributed by atoms with E-state index in [1.165, 1.54) is 7.11 Å². The largest absolute Gasteiger partial charge is 0.469 e. The normalized spacial score (nSPS) is 51.6. The summed E-state index contributed by atoms with van der Waals surface area (Å²) in [4.78, 5) is 13.1. The SMILES string of the molecule is C=C(C)[C@@H](O)CC[C@@H](CO)[C@H]1CC[C@@]2(C)[C@@H]3CC[C@H]4[C@](C)(C(=O)OC)[C@@H](O)C[C@H](O)[C@@]45C[C@@]35CC[C@]12C. The van der Waals surface area contributed by atoms with Crippen molar-refractivity contribution in [3.05, 3.63) is 12.2 Å². The minimum Gasteiger partial charge on any atom is -0.469 e. The van der Waals surface area contributed by atoms with Crippen LogP contribution in [-0.4, -0.2) is 58.4 Å². The Morgan fingerprint density at radius 3 is 2.30 bits per heavy atom. The molecule has 5 rings (SSSR count). The summed E-state index contributed by atoms with van der Waals surface area (Å²) < 4.78 is 5.23. The van der Waals surface area contributed by atoms with Gasteiger partial charge in [0.25, 0.3) is 0 Å². The fourth-order valence-corrected chi connectivity index (χ4v) is 11.4. The van der Waals surface area contributed by atoms with Gasteiger partial charge in [-0.1, -0.05) is 26.0 Å². The molecular formula is C31H50O6. The van der Waals surface area contributed by atoms with Crippen LogP contribution in [0.25, 0.3) is 0 Å². The van der Waals surface area contributed by atoms with Crippen molar-refractivity contribution in [2.45, 2.75) is 110 Å². The van der Waals surface area contributed by atoms with Gasteiger partial charge < -0.3 is 25.2 Å². The number of aliphatic hydroxyl groups excluding tert-OH is 4. The summed E-state index contributed by atoms with van der Waals surface area (Å²) in [7, 11) is 1.41. The molecule has 6 heteroatoms. The summed E-state index contributed by atoms with van der Waals surface area (Å²) in [5.74, 6) is 0.626. The molecule has 0 aliphatic heterocycles. The Morgan fingerprint density at radius 2 is 1.68 bits per heavy atom. The minimum absolute atomic E-state index is 0.0127. The average Bonchev–Trinajstić information content (AvgIpc) is 3.48. The minimum atomic E-state index is -0.978. The van der Waals surface area contributed by atoms with Crippen molar-refractivity contribution in [3.8, 4) is 0 Å². The average molecular weight is 519 g/mol. The number of esters is 1. The second-order valence-corrected chi connectivity index (χ2v) is 14.5. The summed E-state index contributed by atoms with van der Waals surface area (Å²) in [6.07, 6.45) is 6.78. The standard InChI is InChI=1S/C31H50O6/c1-18(2)21(33)8-7-19(16-32)20-11-12-28(4)22-9-10-23-29(5,26(36)37-6)24(34)15-25(35)31(23)17-30(22,31)14-13-27(20,28)3/h19-25,32-35H,1,7-17H2,2-6H3/t19-,20+,21-,22-,23-,24-,25-,27+,28-,29-,30-,31+/m0/s1. The van der Waals surface area contributed by atoms with Crippen LogP contribution in [0.5, 0.6) is 0 Å². The van der Waals surface area contributed by atoms with E-state index in [0.717, 1.165) is 56.9 Å². The fourth-order valence-electron chi connectivity index (χ4n) is 11.4. The van der Waals surface area contributed by atoms with Crippen LogP contribution in [0.4, 0.5) is 0 Å². The van der Waals surface area contributed by atoms with E-state index in [1.807, 2.05) is 13.8 Å². The van der Waals surface area contributed by atoms with Gasteiger partial charge in [-0.05, 0) is 112 Å². The zero-order valence-electron chi connectivity index (χ0n) is 23.6. The monoisotopic (exact) mass is 518 g/mol. The first-order valence-corrected chi connectivity index (χ1v) is 14.7. The van der Waals surface area contributed by atoms with E-state index < -0.39 is 23.7 Å². The topological polar surface area (TPSA) is 107 Å². The molecule has 5 saturated carbocycles. The van der Waals surface area contributed by atoms with E-state index in [4.69, 9.17) is 4.74 Å². The first-order valence-electron chi connectivity index (χ1n) is 14.7. The van der Waals surface area contributed by atoms with Gasteiger partial charge in [0.1, 0.15) is 0 Å². The number of hydrogen-bond acceptors (Lipinski definition) is 6. The van der Waals surface area contributed by atoms with E-state index >= 15 is 0 Å². The van der Waals surface area contributed by atoms with E-state index in [0.29, 0.717) is 18.3 Å². The molecule has 5 aliphatic rings. The number of fused-ring (bicyclic) bond motifs is 2. The molecule has 5 fully saturated rings. The third-order valence-electron chi connectivity index (χ3n) is 13.7. The summed E-state index contributed by atoms with van der Waals surface area (Å²) in [6.45, 7) is 12.7. The molecule has 5 aliphatic carbocycles. The molecule has 0 aromatic rings. The molecule has 12 atom stereocenters. The third-order valence-corrected chi connectivity index (χ3v) is 13.7. The highest BCUT2D eigenvalue weighted by atomic mass is 16.5. The molecule has 0 unspecified atom stereocenters. The summed E-state index contributed by atoms with van der Waals surface area (Å²) >= 11 is 0. The van der Waals surface area contributed by atoms with Crippen LogP contribution >= 0.6 is 0 Å². The molecular weight excluding hydrogens is 468 g/mol. The van der Waals surface area contributed by atoms with E-state index in [9.17, 15) is 25.2 Å². The summed E-state index contributed by atoms with van der Waals surface area (Å²) in [5, 5.41) is 43.4. The van der Waals surface area contributed by atoms with Gasteiger partial charge >= 0.3 is 5.97 Å². The quantitative estimate of drug-likeness (QED) is 0.297. The highest BCUT2D eigenvalue weighted by Crippen LogP contribution is 2.89. The van der Waals surface area contributed by atoms with Crippen molar-refractivity contribution in [3.63, 3.8) is 0 Å². The molecule has 37 heavy (non-hydrogen) atoms. The number of methoxy groups -OCH3 is 1. The first-order chi connectivity index (χ1) is 17.3. The lowest BCUT2D eigenvalue weighted by Gasteiger charge is -2.63. The molecule has 0 radical (unpaired) electrons. The van der Waals surface area contributed by atoms with Gasteiger partial charge in [0.2, 0.25) is 0 Å². The van der Waals surface area contributed by atoms with Crippen molar-refractivity contribution in [1.82, 2.24) is 0 Å². The Balaban J connectivity index is 1.45. The highest BCUT2D eigenvalue weighted by Gasteiger charge is 2.85. The number of carbonyl (C=O) groups excluding carboxylic acids is 1. The zero-order chi connectivity index (χ0) is 27.2. The molecule has 0 aromatic carbocycles. The van der Waals surface area contributed by atoms with Gasteiger partial charge in [-0.25, -0.2) is 0 Å². The molecule has 6 nitrogen and oxygen atoms in total. The van der Waals surface area contributed by atoms with Crippen LogP contribution in [0.3, 0.4) is 0 Å². The molecule has 0 bridgehead atoms. The maximum atomic E-state index is 13.1. The number of rotatable bonds is 7. The third kappa shape index (κ3) is 3.28. The lowest BCUT2D eigenvalue weighted by molar-refractivity contribution is -0.212. The highest BCUT2D eigenvalue weighted by molar-refractivity contribution is 5.78. The summed E-state index contributed by atoms with van der Waals surface area (Å²) in [5.41, 5.74) is -0.311. The van der Waals surface area contributed by atoms with Crippen molar-refractivity contribution in [2.75, 3.05) is 13.7 Å². The predicted molar refractivity (Wildman–Crippen MR) is 141 cm³/mol. The maximum absolute atomic E-state index is 13.1. The number of carbonyl (C=O) groups is 1. The predicted octanol–water partition coefficient (Wildman–Crippen LogP) is 4.24. The Kier molecular flexibility index (Phi) is 6.55. The molecule has 4 N–H and O–H groups in total. The van der Waals surface area contributed by atoms with Crippen LogP contribution in [0.2, 0.25) is 0 Å². The van der Waals surface area contributed by atoms with Gasteiger partial charge in [0.05, 0.1) is 30.8 Å². The van der Waals surface area contributed by atoms with Crippen LogP contribution in [-0.2, 0) is 9.53 Å². The van der Waals surface area contributed by atoms with Gasteiger partial charge in [-0.2, -0.15) is 0 Å². The van der Waals surface area contributed by atoms with Crippen LogP contribution in [0, 0.1) is 50.7 Å². The van der Waals surface area contributed by atoms with Crippen molar-refractivity contribution < 1.29 is 30.0 Å². The molecule has 0 saturated heterocycles. The van der Waals surface area contributed by atoms with Gasteiger partial charge in [-0.3, -0.25) is 4.79 Å². The van der Waals surface area contributed by atoms with Crippen molar-refractivity contribution in [1.29, 1.82) is 0 Å². The molecule has 0 heterocycles. The second-order valence-electron chi connectivity index (χ2n) is 14.5. The van der Waals surface area contributed by atoms with E-state index in [-0.39, 0.29) is 52.5 Å². The van der Waals surface area contributed by atoms with Gasteiger partial charge in [-0.15, -0.1) is 0 Å². The maximum Gasteiger partial charge on any atom is 0.314 e. The lowest BCUT2D eigenvalue weighted by Crippen LogP contribution is -2.63. The van der Waals surface area contributed by atoms with Gasteiger partial charge in [0, 0.05) is 18.4 Å². The molecule has 210 valence electrons. The van der Waals surface area contributed by atoms with Crippen LogP contribution in [0.15, 0.2) is 12.2 Å². The zero-order valence-corrected chi connectivity index (χ0v) is 23.6. The molecule has 2 spiro atoms. The number of aliphatic hydroxyl groups is 4. The van der Waals surface area contributed by atoms with Crippen LogP contribution in [0.1, 0.15) is 91.9 Å². The first kappa shape index (κ1) is 27.6. The van der Waals surface area contributed by atoms with Crippen LogP contribution < -0.4 is 0 Å². The Morgan fingerprint density at radius 1 is 1.00 bits per heavy atom. The number of ether oxygens (including phenoxy) is 1. The molecule has 0 aromatic heterocycles. The lowest BCUT2D eigenvalue weighted by atomic mass is 9.41. The number of hydrogen-bond donors (Lipinski definition) is 4. The van der Waals surface area contributed by atoms with Crippen molar-refractivity contribution in [2.24, 2.45) is 50.7 Å². The van der Waals surface area contributed by atoms with E-state index in [1.54, 1.807) is 0 Å². The van der Waals surface area contributed by atoms with E-state index in [2.05, 4.69) is 20.4 Å². The summed E-state index contributed by atoms with van der Waals surface area (Å²) in [6, 6.07) is 0. The molecule has 0 amide bonds. The Hall–Kier alpha value is -0.950. The van der Waals surface area contributed by atoms with Gasteiger partial charge in [0.15, 0.2) is 0 Å². The smallest absolute Gasteiger partial charge is 0.314 e. The Labute approximate surface area is 222 Å². The fraction of sp³-hybridized carbons (Fsp3) is 0.903. The van der Waals surface area contributed by atoms with Crippen molar-refractivity contribution >= 4 is 5.97 Å².